The van der Waals surface area contributed by atoms with Crippen LogP contribution in [-0.4, -0.2) is 43.4 Å². The largest absolute Gasteiger partial charge is 0.359 e. The fraction of sp³-hybridized carbons (Fsp3) is 0.818. The third-order valence-electron chi connectivity index (χ3n) is 3.20. The standard InChI is InChI=1S/C11H21N3O2/c1-8(7-12)11(16)14-5-3-9(4-6-14)10(15)13-2/h8-9H,3-7,12H2,1-2H3,(H,13,15). The summed E-state index contributed by atoms with van der Waals surface area (Å²) in [5.74, 6) is 0.135. The zero-order valence-corrected chi connectivity index (χ0v) is 10.0. The Balaban J connectivity index is 2.43. The minimum absolute atomic E-state index is 0.0576. The molecule has 0 aromatic rings. The van der Waals surface area contributed by atoms with Crippen molar-refractivity contribution in [3.05, 3.63) is 0 Å². The van der Waals surface area contributed by atoms with Gasteiger partial charge in [0, 0.05) is 38.5 Å². The summed E-state index contributed by atoms with van der Waals surface area (Å²) in [5.41, 5.74) is 5.47. The zero-order valence-electron chi connectivity index (χ0n) is 10.0. The third kappa shape index (κ3) is 2.95. The molecule has 2 amide bonds. The minimum atomic E-state index is -0.114. The molecule has 0 aromatic carbocycles. The number of carbonyl (C=O) groups excluding carboxylic acids is 2. The van der Waals surface area contributed by atoms with Gasteiger partial charge in [0.05, 0.1) is 0 Å². The first-order valence-electron chi connectivity index (χ1n) is 5.80. The number of hydrogen-bond acceptors (Lipinski definition) is 3. The van der Waals surface area contributed by atoms with Gasteiger partial charge in [0.2, 0.25) is 11.8 Å². The first-order valence-corrected chi connectivity index (χ1v) is 5.80. The van der Waals surface area contributed by atoms with Crippen molar-refractivity contribution in [2.24, 2.45) is 17.6 Å². The summed E-state index contributed by atoms with van der Waals surface area (Å²) in [6, 6.07) is 0. The Morgan fingerprint density at radius 3 is 2.44 bits per heavy atom. The zero-order chi connectivity index (χ0) is 12.1. The first kappa shape index (κ1) is 13.0. The quantitative estimate of drug-likeness (QED) is 0.686. The molecular weight excluding hydrogens is 206 g/mol. The summed E-state index contributed by atoms with van der Waals surface area (Å²) in [5, 5.41) is 2.65. The van der Waals surface area contributed by atoms with E-state index in [9.17, 15) is 9.59 Å². The SMILES string of the molecule is CNC(=O)C1CCN(C(=O)C(C)CN)CC1. The molecule has 0 aliphatic carbocycles. The number of nitrogens with two attached hydrogens (primary N) is 1. The van der Waals surface area contributed by atoms with E-state index < -0.39 is 0 Å². The van der Waals surface area contributed by atoms with Crippen molar-refractivity contribution >= 4 is 11.8 Å². The molecule has 5 nitrogen and oxygen atoms in total. The number of piperidine rings is 1. The third-order valence-corrected chi connectivity index (χ3v) is 3.20. The lowest BCUT2D eigenvalue weighted by molar-refractivity contribution is -0.138. The Bertz CT molecular complexity index is 260. The Kier molecular flexibility index (Phi) is 4.73. The molecule has 1 fully saturated rings. The predicted octanol–water partition coefficient (Wildman–Crippen LogP) is -0.434. The molecule has 3 N–H and O–H groups in total. The molecule has 92 valence electrons. The highest BCUT2D eigenvalue weighted by atomic mass is 16.2. The van der Waals surface area contributed by atoms with Crippen LogP contribution in [0.5, 0.6) is 0 Å². The van der Waals surface area contributed by atoms with E-state index >= 15 is 0 Å². The second-order valence-electron chi connectivity index (χ2n) is 4.35. The highest BCUT2D eigenvalue weighted by Crippen LogP contribution is 2.18. The van der Waals surface area contributed by atoms with Crippen molar-refractivity contribution < 1.29 is 9.59 Å². The number of rotatable bonds is 3. The van der Waals surface area contributed by atoms with E-state index in [1.54, 1.807) is 7.05 Å². The van der Waals surface area contributed by atoms with Gasteiger partial charge in [0.25, 0.3) is 0 Å². The van der Waals surface area contributed by atoms with E-state index in [4.69, 9.17) is 5.73 Å². The predicted molar refractivity (Wildman–Crippen MR) is 61.6 cm³/mol. The maximum atomic E-state index is 11.8. The minimum Gasteiger partial charge on any atom is -0.359 e. The number of amides is 2. The van der Waals surface area contributed by atoms with Crippen LogP contribution in [-0.2, 0) is 9.59 Å². The molecule has 0 spiro atoms. The highest BCUT2D eigenvalue weighted by molar-refractivity contribution is 5.80. The summed E-state index contributed by atoms with van der Waals surface area (Å²) >= 11 is 0. The van der Waals surface area contributed by atoms with E-state index in [0.29, 0.717) is 19.6 Å². The molecule has 0 bridgehead atoms. The van der Waals surface area contributed by atoms with E-state index in [0.717, 1.165) is 12.8 Å². The van der Waals surface area contributed by atoms with Crippen LogP contribution < -0.4 is 11.1 Å². The van der Waals surface area contributed by atoms with Crippen LogP contribution >= 0.6 is 0 Å². The average Bonchev–Trinajstić information content (AvgIpc) is 2.36. The van der Waals surface area contributed by atoms with Gasteiger partial charge in [-0.05, 0) is 12.8 Å². The van der Waals surface area contributed by atoms with Crippen LogP contribution in [0.1, 0.15) is 19.8 Å². The van der Waals surface area contributed by atoms with E-state index in [2.05, 4.69) is 5.32 Å². The first-order chi connectivity index (χ1) is 7.60. The number of likely N-dealkylation sites (tertiary alicyclic amines) is 1. The summed E-state index contributed by atoms with van der Waals surface area (Å²) < 4.78 is 0. The molecular formula is C11H21N3O2. The van der Waals surface area contributed by atoms with Gasteiger partial charge in [-0.15, -0.1) is 0 Å². The molecule has 1 saturated heterocycles. The maximum absolute atomic E-state index is 11.8. The Morgan fingerprint density at radius 2 is 2.00 bits per heavy atom. The van der Waals surface area contributed by atoms with Gasteiger partial charge >= 0.3 is 0 Å². The Morgan fingerprint density at radius 1 is 1.44 bits per heavy atom. The molecule has 1 heterocycles. The van der Waals surface area contributed by atoms with Gasteiger partial charge in [-0.1, -0.05) is 6.92 Å². The van der Waals surface area contributed by atoms with E-state index in [1.165, 1.54) is 0 Å². The topological polar surface area (TPSA) is 75.4 Å². The van der Waals surface area contributed by atoms with E-state index in [1.807, 2.05) is 11.8 Å². The second-order valence-corrected chi connectivity index (χ2v) is 4.35. The van der Waals surface area contributed by atoms with Gasteiger partial charge in [0.1, 0.15) is 0 Å². The lowest BCUT2D eigenvalue weighted by atomic mass is 9.95. The summed E-state index contributed by atoms with van der Waals surface area (Å²) in [6.45, 7) is 3.56. The molecule has 5 heteroatoms. The number of nitrogens with one attached hydrogen (secondary N) is 1. The molecule has 1 rings (SSSR count). The monoisotopic (exact) mass is 227 g/mol. The van der Waals surface area contributed by atoms with Gasteiger partial charge in [-0.3, -0.25) is 9.59 Å². The van der Waals surface area contributed by atoms with Gasteiger partial charge in [-0.25, -0.2) is 0 Å². The van der Waals surface area contributed by atoms with Gasteiger partial charge < -0.3 is 16.0 Å². The Hall–Kier alpha value is -1.10. The summed E-state index contributed by atoms with van der Waals surface area (Å²) in [4.78, 5) is 25.0. The van der Waals surface area contributed by atoms with Crippen molar-refractivity contribution in [3.8, 4) is 0 Å². The smallest absolute Gasteiger partial charge is 0.226 e. The van der Waals surface area contributed by atoms with Crippen LogP contribution in [0.4, 0.5) is 0 Å². The van der Waals surface area contributed by atoms with Crippen LogP contribution in [0, 0.1) is 11.8 Å². The summed E-state index contributed by atoms with van der Waals surface area (Å²) in [6.07, 6.45) is 1.51. The lowest BCUT2D eigenvalue weighted by Gasteiger charge is -2.32. The molecule has 1 aliphatic rings. The van der Waals surface area contributed by atoms with Crippen molar-refractivity contribution in [2.45, 2.75) is 19.8 Å². The normalized spacial score (nSPS) is 19.3. The Labute approximate surface area is 96.4 Å². The molecule has 1 unspecified atom stereocenters. The van der Waals surface area contributed by atoms with E-state index in [-0.39, 0.29) is 23.7 Å². The van der Waals surface area contributed by atoms with Crippen LogP contribution in [0.3, 0.4) is 0 Å². The van der Waals surface area contributed by atoms with Gasteiger partial charge in [0.15, 0.2) is 0 Å². The average molecular weight is 227 g/mol. The fourth-order valence-electron chi connectivity index (χ4n) is 1.98. The van der Waals surface area contributed by atoms with Crippen molar-refractivity contribution in [2.75, 3.05) is 26.7 Å². The lowest BCUT2D eigenvalue weighted by Crippen LogP contribution is -2.45. The summed E-state index contributed by atoms with van der Waals surface area (Å²) in [7, 11) is 1.65. The van der Waals surface area contributed by atoms with Crippen molar-refractivity contribution in [1.82, 2.24) is 10.2 Å². The molecule has 1 atom stereocenters. The maximum Gasteiger partial charge on any atom is 0.226 e. The molecule has 0 saturated carbocycles. The number of carbonyl (C=O) groups is 2. The molecule has 0 aromatic heterocycles. The second kappa shape index (κ2) is 5.84. The molecule has 16 heavy (non-hydrogen) atoms. The molecule has 1 aliphatic heterocycles. The van der Waals surface area contributed by atoms with Crippen molar-refractivity contribution in [3.63, 3.8) is 0 Å². The molecule has 0 radical (unpaired) electrons. The number of hydrogen-bond donors (Lipinski definition) is 2. The van der Waals surface area contributed by atoms with Crippen LogP contribution in [0.15, 0.2) is 0 Å². The highest BCUT2D eigenvalue weighted by Gasteiger charge is 2.28. The fourth-order valence-corrected chi connectivity index (χ4v) is 1.98. The van der Waals surface area contributed by atoms with Crippen LogP contribution in [0.2, 0.25) is 0 Å². The number of nitrogens with zero attached hydrogens (tertiary/aromatic N) is 1. The van der Waals surface area contributed by atoms with Crippen molar-refractivity contribution in [1.29, 1.82) is 0 Å². The van der Waals surface area contributed by atoms with Gasteiger partial charge in [-0.2, -0.15) is 0 Å². The van der Waals surface area contributed by atoms with Crippen LogP contribution in [0.25, 0.3) is 0 Å².